The Bertz CT molecular complexity index is 818. The minimum Gasteiger partial charge on any atom is -0.443 e. The summed E-state index contributed by atoms with van der Waals surface area (Å²) in [5, 5.41) is 11.1. The number of nitrogens with zero attached hydrogens (tertiary/aromatic N) is 3. The lowest BCUT2D eigenvalue weighted by atomic mass is 10.2. The highest BCUT2D eigenvalue weighted by atomic mass is 35.5. The maximum Gasteiger partial charge on any atom is 0.420 e. The van der Waals surface area contributed by atoms with Crippen LogP contribution in [0, 0.1) is 17.0 Å². The number of aromatic nitrogens is 1. The Balaban J connectivity index is 2.57. The second-order valence-corrected chi connectivity index (χ2v) is 6.81. The number of amides is 1. The molecule has 0 aliphatic rings. The van der Waals surface area contributed by atoms with E-state index in [1.54, 1.807) is 39.1 Å². The molecule has 132 valence electrons. The van der Waals surface area contributed by atoms with Crippen molar-refractivity contribution < 1.29 is 14.5 Å². The molecule has 0 aliphatic carbocycles. The predicted octanol–water partition coefficient (Wildman–Crippen LogP) is 5.02. The Morgan fingerprint density at radius 1 is 1.28 bits per heavy atom. The second-order valence-electron chi connectivity index (χ2n) is 6.40. The number of aryl methyl sites for hydroxylation is 1. The minimum absolute atomic E-state index is 0.0184. The van der Waals surface area contributed by atoms with Gasteiger partial charge < -0.3 is 4.74 Å². The van der Waals surface area contributed by atoms with Gasteiger partial charge in [0.2, 0.25) is 0 Å². The monoisotopic (exact) mass is 363 g/mol. The first-order chi connectivity index (χ1) is 11.6. The molecule has 1 heterocycles. The third-order valence-electron chi connectivity index (χ3n) is 3.09. The molecule has 1 amide bonds. The zero-order valence-corrected chi connectivity index (χ0v) is 15.1. The van der Waals surface area contributed by atoms with Gasteiger partial charge in [0.1, 0.15) is 16.4 Å². The normalized spacial score (nSPS) is 11.1. The topological polar surface area (TPSA) is 85.6 Å². The molecular weight excluding hydrogens is 346 g/mol. The Hall–Kier alpha value is -2.67. The first-order valence-electron chi connectivity index (χ1n) is 7.48. The van der Waals surface area contributed by atoms with E-state index in [1.165, 1.54) is 23.1 Å². The van der Waals surface area contributed by atoms with Crippen LogP contribution >= 0.6 is 11.6 Å². The van der Waals surface area contributed by atoms with E-state index in [0.29, 0.717) is 5.82 Å². The summed E-state index contributed by atoms with van der Waals surface area (Å²) in [6.07, 6.45) is 0.856. The highest BCUT2D eigenvalue weighted by Crippen LogP contribution is 2.33. The van der Waals surface area contributed by atoms with E-state index in [2.05, 4.69) is 4.98 Å². The molecule has 25 heavy (non-hydrogen) atoms. The first kappa shape index (κ1) is 18.7. The average Bonchev–Trinajstić information content (AvgIpc) is 2.47. The fourth-order valence-corrected chi connectivity index (χ4v) is 2.25. The van der Waals surface area contributed by atoms with Gasteiger partial charge in [-0.25, -0.2) is 14.7 Å². The Morgan fingerprint density at radius 3 is 2.52 bits per heavy atom. The number of benzene rings is 1. The number of carbonyl (C=O) groups is 1. The van der Waals surface area contributed by atoms with Crippen LogP contribution in [0.2, 0.25) is 5.02 Å². The number of ether oxygens (including phenoxy) is 1. The zero-order valence-electron chi connectivity index (χ0n) is 14.3. The molecule has 0 bridgehead atoms. The molecule has 0 N–H and O–H groups in total. The molecule has 2 aromatic rings. The number of anilines is 2. The van der Waals surface area contributed by atoms with Crippen LogP contribution in [0.3, 0.4) is 0 Å². The molecule has 0 saturated carbocycles. The Kier molecular flexibility index (Phi) is 5.27. The number of rotatable bonds is 3. The zero-order chi connectivity index (χ0) is 18.8. The number of nitro groups is 1. The summed E-state index contributed by atoms with van der Waals surface area (Å²) in [5.74, 6) is 0.297. The summed E-state index contributed by atoms with van der Waals surface area (Å²) < 4.78 is 5.42. The Morgan fingerprint density at radius 2 is 1.96 bits per heavy atom. The summed E-state index contributed by atoms with van der Waals surface area (Å²) in [6.45, 7) is 7.05. The maximum atomic E-state index is 12.7. The van der Waals surface area contributed by atoms with Crippen LogP contribution in [0.25, 0.3) is 0 Å². The predicted molar refractivity (Wildman–Crippen MR) is 95.5 cm³/mol. The van der Waals surface area contributed by atoms with E-state index in [0.717, 1.165) is 5.56 Å². The third kappa shape index (κ3) is 4.67. The van der Waals surface area contributed by atoms with Crippen molar-refractivity contribution in [2.45, 2.75) is 33.3 Å². The molecule has 0 aliphatic heterocycles. The van der Waals surface area contributed by atoms with Crippen LogP contribution in [-0.2, 0) is 4.74 Å². The van der Waals surface area contributed by atoms with Crippen LogP contribution < -0.4 is 4.90 Å². The fourth-order valence-electron chi connectivity index (χ4n) is 2.06. The average molecular weight is 364 g/mol. The molecule has 0 spiro atoms. The van der Waals surface area contributed by atoms with Gasteiger partial charge >= 0.3 is 6.09 Å². The number of hydrogen-bond acceptors (Lipinski definition) is 5. The summed E-state index contributed by atoms with van der Waals surface area (Å²) >= 11 is 5.86. The van der Waals surface area contributed by atoms with Gasteiger partial charge in [-0.05, 0) is 57.5 Å². The molecule has 0 radical (unpaired) electrons. The molecule has 1 aromatic heterocycles. The molecule has 1 aromatic carbocycles. The molecule has 0 unspecified atom stereocenters. The van der Waals surface area contributed by atoms with Crippen molar-refractivity contribution in [1.29, 1.82) is 0 Å². The van der Waals surface area contributed by atoms with E-state index < -0.39 is 16.6 Å². The van der Waals surface area contributed by atoms with E-state index in [1.807, 2.05) is 6.92 Å². The van der Waals surface area contributed by atoms with E-state index in [9.17, 15) is 14.9 Å². The number of nitro benzene ring substituents is 1. The van der Waals surface area contributed by atoms with Crippen molar-refractivity contribution in [2.24, 2.45) is 0 Å². The molecule has 0 fully saturated rings. The van der Waals surface area contributed by atoms with Gasteiger partial charge in [0.15, 0.2) is 0 Å². The SMILES string of the molecule is Cc1ccnc(N(C(=O)OC(C)(C)C)c2ccc(Cl)c([N+](=O)[O-])c2)c1. The van der Waals surface area contributed by atoms with Gasteiger partial charge in [0.25, 0.3) is 5.69 Å². The number of pyridine rings is 1. The van der Waals surface area contributed by atoms with Crippen molar-refractivity contribution in [2.75, 3.05) is 4.90 Å². The lowest BCUT2D eigenvalue weighted by Crippen LogP contribution is -2.34. The molecule has 0 saturated heterocycles. The quantitative estimate of drug-likeness (QED) is 0.564. The highest BCUT2D eigenvalue weighted by molar-refractivity contribution is 6.32. The van der Waals surface area contributed by atoms with Crippen molar-refractivity contribution >= 4 is 34.9 Å². The molecule has 7 nitrogen and oxygen atoms in total. The van der Waals surface area contributed by atoms with E-state index in [4.69, 9.17) is 16.3 Å². The summed E-state index contributed by atoms with van der Waals surface area (Å²) in [5.41, 5.74) is 0.0724. The Labute approximate surface area is 150 Å². The van der Waals surface area contributed by atoms with Gasteiger partial charge in [-0.3, -0.25) is 10.1 Å². The molecule has 8 heteroatoms. The van der Waals surface area contributed by atoms with Crippen LogP contribution in [0.15, 0.2) is 36.5 Å². The van der Waals surface area contributed by atoms with E-state index >= 15 is 0 Å². The van der Waals surface area contributed by atoms with Gasteiger partial charge in [-0.2, -0.15) is 0 Å². The van der Waals surface area contributed by atoms with Gasteiger partial charge in [-0.15, -0.1) is 0 Å². The summed E-state index contributed by atoms with van der Waals surface area (Å²) in [6, 6.07) is 7.55. The molecule has 2 rings (SSSR count). The van der Waals surface area contributed by atoms with E-state index in [-0.39, 0.29) is 16.4 Å². The van der Waals surface area contributed by atoms with Gasteiger partial charge in [0, 0.05) is 12.3 Å². The van der Waals surface area contributed by atoms with Crippen LogP contribution in [-0.4, -0.2) is 21.6 Å². The van der Waals surface area contributed by atoms with Crippen LogP contribution in [0.4, 0.5) is 22.0 Å². The van der Waals surface area contributed by atoms with Crippen molar-refractivity contribution in [3.8, 4) is 0 Å². The lowest BCUT2D eigenvalue weighted by Gasteiger charge is -2.27. The maximum absolute atomic E-state index is 12.7. The largest absolute Gasteiger partial charge is 0.443 e. The minimum atomic E-state index is -0.739. The lowest BCUT2D eigenvalue weighted by molar-refractivity contribution is -0.384. The van der Waals surface area contributed by atoms with Crippen molar-refractivity contribution in [3.63, 3.8) is 0 Å². The number of hydrogen-bond donors (Lipinski definition) is 0. The van der Waals surface area contributed by atoms with Crippen LogP contribution in [0.1, 0.15) is 26.3 Å². The first-order valence-corrected chi connectivity index (χ1v) is 7.86. The van der Waals surface area contributed by atoms with Gasteiger partial charge in [0.05, 0.1) is 10.6 Å². The summed E-state index contributed by atoms with van der Waals surface area (Å²) in [4.78, 5) is 28.6. The van der Waals surface area contributed by atoms with Crippen molar-refractivity contribution in [3.05, 3.63) is 57.2 Å². The summed E-state index contributed by atoms with van der Waals surface area (Å²) in [7, 11) is 0. The highest BCUT2D eigenvalue weighted by Gasteiger charge is 2.27. The van der Waals surface area contributed by atoms with Gasteiger partial charge in [-0.1, -0.05) is 11.6 Å². The molecule has 0 atom stereocenters. The van der Waals surface area contributed by atoms with Crippen molar-refractivity contribution in [1.82, 2.24) is 4.98 Å². The smallest absolute Gasteiger partial charge is 0.420 e. The number of carbonyl (C=O) groups excluding carboxylic acids is 1. The fraction of sp³-hybridized carbons (Fsp3) is 0.294. The third-order valence-corrected chi connectivity index (χ3v) is 3.41. The molecular formula is C17H18ClN3O4. The van der Waals surface area contributed by atoms with Crippen LogP contribution in [0.5, 0.6) is 0 Å². The number of halogens is 1. The standard InChI is InChI=1S/C17H18ClN3O4/c1-11-7-8-19-15(9-11)20(16(22)25-17(2,3)4)12-5-6-13(18)14(10-12)21(23)24/h5-10H,1-4H3. The second kappa shape index (κ2) is 7.06.